The van der Waals surface area contributed by atoms with Crippen LogP contribution in [0.4, 0.5) is 5.69 Å². The third-order valence-electron chi connectivity index (χ3n) is 4.50. The van der Waals surface area contributed by atoms with E-state index in [1.165, 1.54) is 11.8 Å². The van der Waals surface area contributed by atoms with Crippen molar-refractivity contribution in [2.75, 3.05) is 5.32 Å². The van der Waals surface area contributed by atoms with Crippen molar-refractivity contribution >= 4 is 46.3 Å². The molecular formula is C19H19ClN4OS2. The van der Waals surface area contributed by atoms with Crippen LogP contribution in [0.15, 0.2) is 40.9 Å². The van der Waals surface area contributed by atoms with E-state index in [0.29, 0.717) is 11.1 Å². The van der Waals surface area contributed by atoms with Crippen LogP contribution in [-0.4, -0.2) is 25.9 Å². The van der Waals surface area contributed by atoms with Crippen molar-refractivity contribution in [1.29, 1.82) is 0 Å². The molecule has 1 amide bonds. The fourth-order valence-electron chi connectivity index (χ4n) is 2.78. The Morgan fingerprint density at radius 2 is 2.15 bits per heavy atom. The molecule has 2 aromatic heterocycles. The van der Waals surface area contributed by atoms with Gasteiger partial charge in [-0.05, 0) is 55.8 Å². The summed E-state index contributed by atoms with van der Waals surface area (Å²) in [5, 5.41) is 14.9. The van der Waals surface area contributed by atoms with Crippen LogP contribution < -0.4 is 5.32 Å². The molecule has 2 heterocycles. The maximum atomic E-state index is 12.7. The summed E-state index contributed by atoms with van der Waals surface area (Å²) in [4.78, 5) is 13.8. The lowest BCUT2D eigenvalue weighted by Crippen LogP contribution is -2.23. The highest BCUT2D eigenvalue weighted by atomic mass is 35.5. The van der Waals surface area contributed by atoms with Crippen LogP contribution in [0, 0.1) is 6.92 Å². The van der Waals surface area contributed by atoms with Gasteiger partial charge in [0.05, 0.1) is 10.1 Å². The highest BCUT2D eigenvalue weighted by molar-refractivity contribution is 8.00. The Morgan fingerprint density at radius 3 is 2.85 bits per heavy atom. The molecule has 0 bridgehead atoms. The third-order valence-corrected chi connectivity index (χ3v) is 6.83. The average Bonchev–Trinajstić information content (AvgIpc) is 3.17. The minimum Gasteiger partial charge on any atom is -0.325 e. The molecule has 1 saturated carbocycles. The zero-order valence-electron chi connectivity index (χ0n) is 15.0. The normalized spacial score (nSPS) is 14.9. The van der Waals surface area contributed by atoms with Gasteiger partial charge < -0.3 is 5.32 Å². The van der Waals surface area contributed by atoms with Crippen LogP contribution in [0.3, 0.4) is 0 Å². The first kappa shape index (κ1) is 18.5. The number of anilines is 1. The summed E-state index contributed by atoms with van der Waals surface area (Å²) >= 11 is 9.24. The zero-order chi connectivity index (χ0) is 19.0. The van der Waals surface area contributed by atoms with Gasteiger partial charge in [0.1, 0.15) is 0 Å². The van der Waals surface area contributed by atoms with E-state index >= 15 is 0 Å². The Labute approximate surface area is 171 Å². The molecule has 27 heavy (non-hydrogen) atoms. The average molecular weight is 419 g/mol. The maximum Gasteiger partial charge on any atom is 0.237 e. The second-order valence-corrected chi connectivity index (χ2v) is 9.21. The van der Waals surface area contributed by atoms with E-state index in [-0.39, 0.29) is 11.2 Å². The predicted molar refractivity (Wildman–Crippen MR) is 112 cm³/mol. The van der Waals surface area contributed by atoms with Gasteiger partial charge in [-0.3, -0.25) is 9.36 Å². The number of halogens is 1. The molecule has 0 radical (unpaired) electrons. The molecule has 8 heteroatoms. The van der Waals surface area contributed by atoms with Crippen molar-refractivity contribution in [2.24, 2.45) is 0 Å². The molecule has 1 aliphatic carbocycles. The molecule has 0 saturated heterocycles. The van der Waals surface area contributed by atoms with Crippen LogP contribution in [0.25, 0.3) is 10.7 Å². The van der Waals surface area contributed by atoms with Crippen LogP contribution in [0.5, 0.6) is 0 Å². The molecule has 1 aromatic carbocycles. The number of thioether (sulfide) groups is 1. The molecule has 3 aromatic rings. The summed E-state index contributed by atoms with van der Waals surface area (Å²) in [6.07, 6.45) is 2.26. The SMILES string of the molecule is Cc1c(Cl)cccc1NC(=O)[C@H](C)Sc1nnc(-c2cccs2)n1C1CC1. The summed E-state index contributed by atoms with van der Waals surface area (Å²) in [5.41, 5.74) is 1.61. The molecule has 1 atom stereocenters. The number of benzene rings is 1. The van der Waals surface area contributed by atoms with Crippen molar-refractivity contribution in [2.45, 2.75) is 43.1 Å². The Balaban J connectivity index is 1.52. The van der Waals surface area contributed by atoms with E-state index in [2.05, 4.69) is 26.1 Å². The number of hydrogen-bond acceptors (Lipinski definition) is 5. The van der Waals surface area contributed by atoms with E-state index in [0.717, 1.165) is 40.0 Å². The Bertz CT molecular complexity index is 966. The van der Waals surface area contributed by atoms with E-state index < -0.39 is 0 Å². The number of carbonyl (C=O) groups is 1. The Kier molecular flexibility index (Phi) is 5.25. The summed E-state index contributed by atoms with van der Waals surface area (Å²) in [6, 6.07) is 10.0. The standard InChI is InChI=1S/C19H19ClN4OS2/c1-11-14(20)5-3-6-15(11)21-18(25)12(2)27-19-23-22-17(16-7-4-10-26-16)24(19)13-8-9-13/h3-7,10,12-13H,8-9H2,1-2H3,(H,21,25)/t12-/m0/s1. The van der Waals surface area contributed by atoms with Gasteiger partial charge >= 0.3 is 0 Å². The Morgan fingerprint density at radius 1 is 1.33 bits per heavy atom. The summed E-state index contributed by atoms with van der Waals surface area (Å²) in [7, 11) is 0. The van der Waals surface area contributed by atoms with Crippen molar-refractivity contribution in [1.82, 2.24) is 14.8 Å². The lowest BCUT2D eigenvalue weighted by Gasteiger charge is -2.14. The molecule has 1 fully saturated rings. The predicted octanol–water partition coefficient (Wildman–Crippen LogP) is 5.42. The smallest absolute Gasteiger partial charge is 0.237 e. The lowest BCUT2D eigenvalue weighted by molar-refractivity contribution is -0.115. The van der Waals surface area contributed by atoms with Gasteiger partial charge in [0, 0.05) is 16.8 Å². The second-order valence-electron chi connectivity index (χ2n) is 6.55. The fourth-order valence-corrected chi connectivity index (χ4v) is 4.58. The molecule has 0 spiro atoms. The number of nitrogens with one attached hydrogen (secondary N) is 1. The molecule has 1 aliphatic rings. The number of aromatic nitrogens is 3. The lowest BCUT2D eigenvalue weighted by atomic mass is 10.2. The summed E-state index contributed by atoms with van der Waals surface area (Å²) in [6.45, 7) is 3.78. The van der Waals surface area contributed by atoms with Gasteiger partial charge in [-0.25, -0.2) is 0 Å². The first-order valence-corrected chi connectivity index (χ1v) is 10.9. The molecule has 1 N–H and O–H groups in total. The molecule has 4 rings (SSSR count). The van der Waals surface area contributed by atoms with Crippen molar-refractivity contribution in [3.63, 3.8) is 0 Å². The summed E-state index contributed by atoms with van der Waals surface area (Å²) < 4.78 is 2.19. The Hall–Kier alpha value is -1.83. The minimum atomic E-state index is -0.304. The van der Waals surface area contributed by atoms with Crippen LogP contribution in [0.1, 0.15) is 31.4 Å². The number of rotatable bonds is 6. The topological polar surface area (TPSA) is 59.8 Å². The maximum absolute atomic E-state index is 12.7. The first-order valence-electron chi connectivity index (χ1n) is 8.76. The number of thiophene rings is 1. The van der Waals surface area contributed by atoms with E-state index in [1.807, 2.05) is 43.5 Å². The van der Waals surface area contributed by atoms with Crippen LogP contribution in [-0.2, 0) is 4.79 Å². The highest BCUT2D eigenvalue weighted by Gasteiger charge is 2.31. The monoisotopic (exact) mass is 418 g/mol. The van der Waals surface area contributed by atoms with Gasteiger partial charge in [-0.1, -0.05) is 35.5 Å². The van der Waals surface area contributed by atoms with Gasteiger partial charge in [0.15, 0.2) is 11.0 Å². The van der Waals surface area contributed by atoms with Crippen molar-refractivity contribution in [3.8, 4) is 10.7 Å². The number of carbonyl (C=O) groups excluding carboxylic acids is 1. The van der Waals surface area contributed by atoms with Gasteiger partial charge in [-0.2, -0.15) is 0 Å². The zero-order valence-corrected chi connectivity index (χ0v) is 17.4. The quantitative estimate of drug-likeness (QED) is 0.543. The van der Waals surface area contributed by atoms with E-state index in [1.54, 1.807) is 11.3 Å². The first-order chi connectivity index (χ1) is 13.0. The van der Waals surface area contributed by atoms with Gasteiger partial charge in [0.2, 0.25) is 5.91 Å². The fraction of sp³-hybridized carbons (Fsp3) is 0.316. The van der Waals surface area contributed by atoms with E-state index in [4.69, 9.17) is 11.6 Å². The van der Waals surface area contributed by atoms with Crippen LogP contribution >= 0.6 is 34.7 Å². The molecule has 5 nitrogen and oxygen atoms in total. The van der Waals surface area contributed by atoms with Crippen molar-refractivity contribution < 1.29 is 4.79 Å². The van der Waals surface area contributed by atoms with Gasteiger partial charge in [0.25, 0.3) is 0 Å². The number of nitrogens with zero attached hydrogens (tertiary/aromatic N) is 3. The second kappa shape index (κ2) is 7.66. The highest BCUT2D eigenvalue weighted by Crippen LogP contribution is 2.42. The summed E-state index contributed by atoms with van der Waals surface area (Å²) in [5.74, 6) is 0.821. The molecule has 0 aliphatic heterocycles. The molecule has 0 unspecified atom stereocenters. The van der Waals surface area contributed by atoms with Crippen molar-refractivity contribution in [3.05, 3.63) is 46.3 Å². The van der Waals surface area contributed by atoms with E-state index in [9.17, 15) is 4.79 Å². The number of amides is 1. The molecular weight excluding hydrogens is 400 g/mol. The molecule has 140 valence electrons. The van der Waals surface area contributed by atoms with Crippen LogP contribution in [0.2, 0.25) is 5.02 Å². The van der Waals surface area contributed by atoms with Gasteiger partial charge in [-0.15, -0.1) is 21.5 Å². The largest absolute Gasteiger partial charge is 0.325 e. The number of hydrogen-bond donors (Lipinski definition) is 1. The third kappa shape index (κ3) is 3.90. The minimum absolute atomic E-state index is 0.0756.